The van der Waals surface area contributed by atoms with E-state index in [4.69, 9.17) is 16.2 Å². The minimum atomic E-state index is -4.58. The van der Waals surface area contributed by atoms with Crippen molar-refractivity contribution in [3.05, 3.63) is 65.7 Å². The Hall–Kier alpha value is -6.29. The number of anilines is 1. The first kappa shape index (κ1) is 53.3. The number of piperidine rings is 1. The van der Waals surface area contributed by atoms with Crippen LogP contribution in [-0.4, -0.2) is 134 Å². The standard InChI is InChI=1S/C45H63F3N10O9/c1-28(39(67-2)35-12-7-21-58(35)27-59)41(63)56-34(23-29-9-4-3-5-10-29)42(64)53-25-30-14-16-32(17-15-30)54-43(65)33(11-6-19-51-44(50)66)55-38(61)26-52-37(60)13-8-20-57-22-18-31(40(49)62)24-36(57)45(46,47)48/h3-5,9-10,14-17,27-28,31,33-36,39H,6-8,11-13,18-26H2,1-2H3,(H2,49,62)(H,52,60)(H,53,64)(H,54,65)(H,55,61)(H,56,63)(H3,50,51,66). The lowest BCUT2D eigenvalue weighted by Gasteiger charge is -2.39. The summed E-state index contributed by atoms with van der Waals surface area (Å²) in [7, 11) is 1.49. The molecule has 2 saturated heterocycles. The van der Waals surface area contributed by atoms with Crippen molar-refractivity contribution in [2.75, 3.05) is 45.2 Å². The van der Waals surface area contributed by atoms with Crippen molar-refractivity contribution in [3.8, 4) is 0 Å². The molecule has 0 aliphatic carbocycles. The molecule has 9 amide bonds. The van der Waals surface area contributed by atoms with Crippen molar-refractivity contribution in [3.63, 3.8) is 0 Å². The molecule has 10 N–H and O–H groups in total. The van der Waals surface area contributed by atoms with E-state index < -0.39 is 96.7 Å². The SMILES string of the molecule is COC(C(C)C(=O)NC(Cc1ccccc1)C(=O)NCc1ccc(NC(=O)C(CCCNC(N)=O)NC(=O)CNC(=O)CCCN2CCC(C(N)=O)CC2C(F)(F)F)cc1)C1CCCN1C=O. The Morgan fingerprint density at radius 1 is 0.836 bits per heavy atom. The summed E-state index contributed by atoms with van der Waals surface area (Å²) in [5.41, 5.74) is 12.2. The van der Waals surface area contributed by atoms with Crippen molar-refractivity contribution >= 4 is 53.6 Å². The summed E-state index contributed by atoms with van der Waals surface area (Å²) in [6, 6.07) is 10.7. The lowest BCUT2D eigenvalue weighted by molar-refractivity contribution is -0.195. The molecule has 0 spiro atoms. The summed E-state index contributed by atoms with van der Waals surface area (Å²) in [5.74, 6) is -5.12. The molecule has 368 valence electrons. The van der Waals surface area contributed by atoms with Gasteiger partial charge < -0.3 is 53.0 Å². The number of likely N-dealkylation sites (tertiary alicyclic amines) is 2. The highest BCUT2D eigenvalue weighted by Gasteiger charge is 2.47. The van der Waals surface area contributed by atoms with Gasteiger partial charge in [0.25, 0.3) is 0 Å². The van der Waals surface area contributed by atoms with Crippen molar-refractivity contribution in [1.82, 2.24) is 36.4 Å². The van der Waals surface area contributed by atoms with Crippen LogP contribution in [0.2, 0.25) is 0 Å². The van der Waals surface area contributed by atoms with Crippen LogP contribution in [0.5, 0.6) is 0 Å². The zero-order chi connectivity index (χ0) is 49.1. The maximum absolute atomic E-state index is 13.7. The fourth-order valence-electron chi connectivity index (χ4n) is 8.37. The van der Waals surface area contributed by atoms with E-state index in [-0.39, 0.29) is 70.7 Å². The van der Waals surface area contributed by atoms with Crippen LogP contribution >= 0.6 is 0 Å². The Kier molecular flexibility index (Phi) is 20.8. The highest BCUT2D eigenvalue weighted by atomic mass is 19.4. The van der Waals surface area contributed by atoms with E-state index in [9.17, 15) is 51.5 Å². The molecule has 19 nitrogen and oxygen atoms in total. The summed E-state index contributed by atoms with van der Waals surface area (Å²) in [4.78, 5) is 103. The van der Waals surface area contributed by atoms with Crippen LogP contribution in [0.4, 0.5) is 23.7 Å². The number of halogens is 3. The molecule has 2 aromatic rings. The smallest absolute Gasteiger partial charge is 0.378 e. The number of hydrogen-bond donors (Lipinski definition) is 8. The molecular weight excluding hydrogens is 882 g/mol. The van der Waals surface area contributed by atoms with Gasteiger partial charge in [0.2, 0.25) is 41.9 Å². The van der Waals surface area contributed by atoms with Crippen molar-refractivity contribution in [2.45, 2.75) is 108 Å². The molecule has 7 unspecified atom stereocenters. The number of primary amides is 2. The molecule has 0 bridgehead atoms. The van der Waals surface area contributed by atoms with Gasteiger partial charge in [-0.1, -0.05) is 49.4 Å². The van der Waals surface area contributed by atoms with Gasteiger partial charge in [0, 0.05) is 51.2 Å². The molecule has 2 aliphatic rings. The van der Waals surface area contributed by atoms with E-state index in [1.807, 2.05) is 30.3 Å². The van der Waals surface area contributed by atoms with Gasteiger partial charge in [-0.15, -0.1) is 0 Å². The van der Waals surface area contributed by atoms with Gasteiger partial charge in [-0.05, 0) is 81.3 Å². The van der Waals surface area contributed by atoms with Crippen molar-refractivity contribution in [1.29, 1.82) is 0 Å². The number of nitrogens with zero attached hydrogens (tertiary/aromatic N) is 2. The van der Waals surface area contributed by atoms with E-state index in [0.717, 1.165) is 18.4 Å². The van der Waals surface area contributed by atoms with Crippen LogP contribution in [-0.2, 0) is 51.3 Å². The number of carbonyl (C=O) groups is 8. The third-order valence-electron chi connectivity index (χ3n) is 12.0. The van der Waals surface area contributed by atoms with Gasteiger partial charge in [-0.3, -0.25) is 38.5 Å². The number of amides is 9. The second-order valence-electron chi connectivity index (χ2n) is 16.8. The zero-order valence-corrected chi connectivity index (χ0v) is 37.8. The van der Waals surface area contributed by atoms with Crippen LogP contribution < -0.4 is 43.4 Å². The zero-order valence-electron chi connectivity index (χ0n) is 37.8. The van der Waals surface area contributed by atoms with Gasteiger partial charge in [-0.25, -0.2) is 4.79 Å². The van der Waals surface area contributed by atoms with Gasteiger partial charge in [0.05, 0.1) is 24.6 Å². The fraction of sp³-hybridized carbons (Fsp3) is 0.556. The second kappa shape index (κ2) is 26.2. The molecule has 2 aliphatic heterocycles. The average Bonchev–Trinajstić information content (AvgIpc) is 3.77. The van der Waals surface area contributed by atoms with Crippen LogP contribution in [0.1, 0.15) is 69.4 Å². The number of rotatable bonds is 25. The van der Waals surface area contributed by atoms with Crippen molar-refractivity contribution < 1.29 is 56.3 Å². The van der Waals surface area contributed by atoms with E-state index >= 15 is 0 Å². The predicted octanol–water partition coefficient (Wildman–Crippen LogP) is 1.20. The summed E-state index contributed by atoms with van der Waals surface area (Å²) in [6.45, 7) is 1.85. The molecule has 2 heterocycles. The number of alkyl halides is 3. The summed E-state index contributed by atoms with van der Waals surface area (Å²) >= 11 is 0. The summed E-state index contributed by atoms with van der Waals surface area (Å²) in [6.07, 6.45) is -2.82. The van der Waals surface area contributed by atoms with Gasteiger partial charge in [0.15, 0.2) is 0 Å². The lowest BCUT2D eigenvalue weighted by Crippen LogP contribution is -2.53. The fourth-order valence-corrected chi connectivity index (χ4v) is 8.37. The lowest BCUT2D eigenvalue weighted by atomic mass is 9.89. The number of benzene rings is 2. The molecule has 22 heteroatoms. The summed E-state index contributed by atoms with van der Waals surface area (Å²) < 4.78 is 46.8. The molecule has 0 aromatic heterocycles. The Morgan fingerprint density at radius 2 is 1.55 bits per heavy atom. The van der Waals surface area contributed by atoms with Gasteiger partial charge in [0.1, 0.15) is 18.1 Å². The minimum Gasteiger partial charge on any atom is -0.378 e. The molecule has 0 radical (unpaired) electrons. The first-order chi connectivity index (χ1) is 31.9. The Bertz CT molecular complexity index is 2000. The normalized spacial score (nSPS) is 19.2. The van der Waals surface area contributed by atoms with Gasteiger partial charge in [-0.2, -0.15) is 13.2 Å². The van der Waals surface area contributed by atoms with Crippen LogP contribution in [0, 0.1) is 11.8 Å². The minimum absolute atomic E-state index is 0.0110. The largest absolute Gasteiger partial charge is 0.404 e. The highest BCUT2D eigenvalue weighted by molar-refractivity contribution is 5.98. The Morgan fingerprint density at radius 3 is 2.19 bits per heavy atom. The monoisotopic (exact) mass is 944 g/mol. The van der Waals surface area contributed by atoms with Crippen LogP contribution in [0.25, 0.3) is 0 Å². The number of nitrogens with two attached hydrogens (primary N) is 2. The van der Waals surface area contributed by atoms with E-state index in [1.165, 1.54) is 12.0 Å². The third kappa shape index (κ3) is 17.1. The van der Waals surface area contributed by atoms with E-state index in [1.54, 1.807) is 36.1 Å². The maximum Gasteiger partial charge on any atom is 0.404 e. The second-order valence-corrected chi connectivity index (χ2v) is 16.8. The predicted molar refractivity (Wildman–Crippen MR) is 239 cm³/mol. The average molecular weight is 945 g/mol. The number of ether oxygens (including phenoxy) is 1. The molecule has 0 saturated carbocycles. The molecule has 2 fully saturated rings. The molecule has 4 rings (SSSR count). The number of carbonyl (C=O) groups excluding carboxylic acids is 8. The Labute approximate surface area is 387 Å². The number of urea groups is 1. The number of nitrogens with one attached hydrogen (secondary N) is 6. The van der Waals surface area contributed by atoms with Gasteiger partial charge >= 0.3 is 12.2 Å². The van der Waals surface area contributed by atoms with E-state index in [0.29, 0.717) is 24.2 Å². The van der Waals surface area contributed by atoms with E-state index in [2.05, 4.69) is 31.9 Å². The quantitative estimate of drug-likeness (QED) is 0.0521. The first-order valence-electron chi connectivity index (χ1n) is 22.3. The van der Waals surface area contributed by atoms with Crippen LogP contribution in [0.15, 0.2) is 54.6 Å². The van der Waals surface area contributed by atoms with Crippen molar-refractivity contribution in [2.24, 2.45) is 23.3 Å². The number of hydrogen-bond acceptors (Lipinski definition) is 10. The number of methoxy groups -OCH3 is 1. The Balaban J connectivity index is 1.30. The highest BCUT2D eigenvalue weighted by Crippen LogP contribution is 2.34. The molecule has 67 heavy (non-hydrogen) atoms. The molecular formula is C45H63F3N10O9. The maximum atomic E-state index is 13.7. The first-order valence-corrected chi connectivity index (χ1v) is 22.3. The third-order valence-corrected chi connectivity index (χ3v) is 12.0. The molecule has 7 atom stereocenters. The summed E-state index contributed by atoms with van der Waals surface area (Å²) in [5, 5.41) is 15.9. The molecule has 2 aromatic carbocycles. The topological polar surface area (TPSA) is 276 Å². The van der Waals surface area contributed by atoms with Crippen LogP contribution in [0.3, 0.4) is 0 Å².